The van der Waals surface area contributed by atoms with Crippen LogP contribution in [0.3, 0.4) is 0 Å². The molecular weight excluding hydrogens is 420 g/mol. The van der Waals surface area contributed by atoms with Crippen LogP contribution in [0.1, 0.15) is 40.0 Å². The van der Waals surface area contributed by atoms with Crippen molar-refractivity contribution in [2.45, 2.75) is 25.9 Å². The lowest BCUT2D eigenvalue weighted by Gasteiger charge is -2.24. The van der Waals surface area contributed by atoms with E-state index in [0.29, 0.717) is 12.1 Å². The molecule has 1 N–H and O–H groups in total. The van der Waals surface area contributed by atoms with Crippen molar-refractivity contribution in [3.63, 3.8) is 0 Å². The molecule has 0 aliphatic heterocycles. The molecule has 34 heavy (non-hydrogen) atoms. The van der Waals surface area contributed by atoms with Crippen molar-refractivity contribution < 1.29 is 9.59 Å². The molecule has 0 aliphatic carbocycles. The standard InChI is InChI=1S/C30H28N2O2/c1-23(26-15-7-3-8-16-26)31-29(33)21-25-14-11-19-28(20-25)32(22-24-12-5-2-6-13-24)30(34)27-17-9-4-10-18-27/h2-20,23H,21-22H2,1H3,(H,31,33)/t23-/m1/s1. The first-order valence-electron chi connectivity index (χ1n) is 11.4. The monoisotopic (exact) mass is 448 g/mol. The minimum absolute atomic E-state index is 0.0579. The van der Waals surface area contributed by atoms with Gasteiger partial charge in [0.05, 0.1) is 19.0 Å². The van der Waals surface area contributed by atoms with Crippen molar-refractivity contribution in [3.05, 3.63) is 138 Å². The Hall–Kier alpha value is -4.18. The average molecular weight is 449 g/mol. The molecular formula is C30H28N2O2. The molecule has 0 heterocycles. The summed E-state index contributed by atoms with van der Waals surface area (Å²) < 4.78 is 0. The van der Waals surface area contributed by atoms with Gasteiger partial charge in [0, 0.05) is 11.3 Å². The van der Waals surface area contributed by atoms with Crippen molar-refractivity contribution in [2.24, 2.45) is 0 Å². The fraction of sp³-hybridized carbons (Fsp3) is 0.133. The summed E-state index contributed by atoms with van der Waals surface area (Å²) in [6.45, 7) is 2.42. The molecule has 4 nitrogen and oxygen atoms in total. The molecule has 0 radical (unpaired) electrons. The number of hydrogen-bond donors (Lipinski definition) is 1. The van der Waals surface area contributed by atoms with Gasteiger partial charge in [0.1, 0.15) is 0 Å². The van der Waals surface area contributed by atoms with Crippen LogP contribution in [0.2, 0.25) is 0 Å². The molecule has 0 saturated carbocycles. The average Bonchev–Trinajstić information content (AvgIpc) is 2.88. The minimum Gasteiger partial charge on any atom is -0.349 e. The van der Waals surface area contributed by atoms with E-state index in [9.17, 15) is 9.59 Å². The smallest absolute Gasteiger partial charge is 0.258 e. The number of rotatable bonds is 8. The van der Waals surface area contributed by atoms with Crippen molar-refractivity contribution in [2.75, 3.05) is 4.90 Å². The highest BCUT2D eigenvalue weighted by Crippen LogP contribution is 2.22. The maximum absolute atomic E-state index is 13.4. The van der Waals surface area contributed by atoms with E-state index in [1.54, 1.807) is 4.90 Å². The minimum atomic E-state index is -0.0799. The largest absolute Gasteiger partial charge is 0.349 e. The number of nitrogens with zero attached hydrogens (tertiary/aromatic N) is 1. The third-order valence-electron chi connectivity index (χ3n) is 5.71. The fourth-order valence-electron chi connectivity index (χ4n) is 3.92. The van der Waals surface area contributed by atoms with Gasteiger partial charge >= 0.3 is 0 Å². The first-order chi connectivity index (χ1) is 16.6. The second-order valence-corrected chi connectivity index (χ2v) is 8.29. The Morgan fingerprint density at radius 1 is 0.735 bits per heavy atom. The summed E-state index contributed by atoms with van der Waals surface area (Å²) in [5, 5.41) is 3.06. The molecule has 1 atom stereocenters. The zero-order chi connectivity index (χ0) is 23.8. The van der Waals surface area contributed by atoms with Gasteiger partial charge in [0.2, 0.25) is 5.91 Å². The summed E-state index contributed by atoms with van der Waals surface area (Å²) in [5.74, 6) is -0.138. The zero-order valence-electron chi connectivity index (χ0n) is 19.2. The molecule has 0 aliphatic rings. The molecule has 0 saturated heterocycles. The first-order valence-corrected chi connectivity index (χ1v) is 11.4. The Kier molecular flexibility index (Phi) is 7.51. The lowest BCUT2D eigenvalue weighted by atomic mass is 10.1. The maximum atomic E-state index is 13.4. The topological polar surface area (TPSA) is 49.4 Å². The van der Waals surface area contributed by atoms with Gasteiger partial charge in [-0.25, -0.2) is 0 Å². The van der Waals surface area contributed by atoms with E-state index in [0.717, 1.165) is 22.4 Å². The van der Waals surface area contributed by atoms with Crippen molar-refractivity contribution in [3.8, 4) is 0 Å². The Morgan fingerprint density at radius 2 is 1.32 bits per heavy atom. The van der Waals surface area contributed by atoms with Gasteiger partial charge in [-0.1, -0.05) is 91.0 Å². The molecule has 170 valence electrons. The van der Waals surface area contributed by atoms with Crippen molar-refractivity contribution >= 4 is 17.5 Å². The summed E-state index contributed by atoms with van der Waals surface area (Å²) in [5.41, 5.74) is 4.34. The Balaban J connectivity index is 1.54. The SMILES string of the molecule is C[C@@H](NC(=O)Cc1cccc(N(Cc2ccccc2)C(=O)c2ccccc2)c1)c1ccccc1. The zero-order valence-corrected chi connectivity index (χ0v) is 19.2. The van der Waals surface area contributed by atoms with E-state index >= 15 is 0 Å². The van der Waals surface area contributed by atoms with E-state index < -0.39 is 0 Å². The van der Waals surface area contributed by atoms with Crippen LogP contribution in [0.15, 0.2) is 115 Å². The highest BCUT2D eigenvalue weighted by molar-refractivity contribution is 6.06. The summed E-state index contributed by atoms with van der Waals surface area (Å²) >= 11 is 0. The molecule has 0 aromatic heterocycles. The number of carbonyl (C=O) groups excluding carboxylic acids is 2. The van der Waals surface area contributed by atoms with Crippen LogP contribution in [-0.4, -0.2) is 11.8 Å². The molecule has 0 fully saturated rings. The van der Waals surface area contributed by atoms with Gasteiger partial charge in [-0.15, -0.1) is 0 Å². The number of carbonyl (C=O) groups is 2. The second kappa shape index (κ2) is 11.1. The van der Waals surface area contributed by atoms with Crippen LogP contribution in [0.25, 0.3) is 0 Å². The van der Waals surface area contributed by atoms with Gasteiger partial charge in [-0.2, -0.15) is 0 Å². The third-order valence-corrected chi connectivity index (χ3v) is 5.71. The van der Waals surface area contributed by atoms with Crippen molar-refractivity contribution in [1.82, 2.24) is 5.32 Å². The summed E-state index contributed by atoms with van der Waals surface area (Å²) in [7, 11) is 0. The van der Waals surface area contributed by atoms with E-state index in [-0.39, 0.29) is 24.3 Å². The summed E-state index contributed by atoms with van der Waals surface area (Å²) in [6, 6.07) is 36.7. The predicted molar refractivity (Wildman–Crippen MR) is 137 cm³/mol. The van der Waals surface area contributed by atoms with Crippen LogP contribution in [-0.2, 0) is 17.8 Å². The lowest BCUT2D eigenvalue weighted by Crippen LogP contribution is -2.31. The molecule has 2 amide bonds. The quantitative estimate of drug-likeness (QED) is 0.362. The van der Waals surface area contributed by atoms with Crippen LogP contribution in [0.4, 0.5) is 5.69 Å². The van der Waals surface area contributed by atoms with Crippen LogP contribution < -0.4 is 10.2 Å². The third kappa shape index (κ3) is 5.99. The van der Waals surface area contributed by atoms with Crippen LogP contribution >= 0.6 is 0 Å². The lowest BCUT2D eigenvalue weighted by molar-refractivity contribution is -0.121. The summed E-state index contributed by atoms with van der Waals surface area (Å²) in [4.78, 5) is 27.9. The normalized spacial score (nSPS) is 11.4. The molecule has 0 bridgehead atoms. The molecule has 4 aromatic carbocycles. The fourth-order valence-corrected chi connectivity index (χ4v) is 3.92. The molecule has 4 aromatic rings. The number of hydrogen-bond acceptors (Lipinski definition) is 2. The van der Waals surface area contributed by atoms with Crippen LogP contribution in [0.5, 0.6) is 0 Å². The number of anilines is 1. The second-order valence-electron chi connectivity index (χ2n) is 8.29. The molecule has 4 rings (SSSR count). The molecule has 4 heteroatoms. The number of amides is 2. The van der Waals surface area contributed by atoms with E-state index in [2.05, 4.69) is 5.32 Å². The molecule has 0 spiro atoms. The van der Waals surface area contributed by atoms with Crippen molar-refractivity contribution in [1.29, 1.82) is 0 Å². The van der Waals surface area contributed by atoms with Gasteiger partial charge in [0.15, 0.2) is 0 Å². The highest BCUT2D eigenvalue weighted by Gasteiger charge is 2.19. The maximum Gasteiger partial charge on any atom is 0.258 e. The van der Waals surface area contributed by atoms with E-state index in [1.807, 2.05) is 122 Å². The van der Waals surface area contributed by atoms with Gasteiger partial charge in [0.25, 0.3) is 5.91 Å². The molecule has 0 unspecified atom stereocenters. The Labute approximate surface area is 200 Å². The van der Waals surface area contributed by atoms with Gasteiger partial charge in [-0.3, -0.25) is 9.59 Å². The number of benzene rings is 4. The predicted octanol–water partition coefficient (Wildman–Crippen LogP) is 5.95. The highest BCUT2D eigenvalue weighted by atomic mass is 16.2. The van der Waals surface area contributed by atoms with Crippen LogP contribution in [0, 0.1) is 0 Å². The van der Waals surface area contributed by atoms with Gasteiger partial charge in [-0.05, 0) is 47.9 Å². The Bertz CT molecular complexity index is 1220. The van der Waals surface area contributed by atoms with E-state index in [4.69, 9.17) is 0 Å². The number of nitrogens with one attached hydrogen (secondary N) is 1. The summed E-state index contributed by atoms with van der Waals surface area (Å²) in [6.07, 6.45) is 0.240. The van der Waals surface area contributed by atoms with E-state index in [1.165, 1.54) is 0 Å². The van der Waals surface area contributed by atoms with Gasteiger partial charge < -0.3 is 10.2 Å². The Morgan fingerprint density at radius 3 is 2.00 bits per heavy atom. The first kappa shape index (κ1) is 23.0.